The Morgan fingerprint density at radius 3 is 2.52 bits per heavy atom. The van der Waals surface area contributed by atoms with E-state index in [1.54, 1.807) is 24.3 Å². The molecular weight excluding hydrogens is 320 g/mol. The number of methoxy groups -OCH3 is 1. The Morgan fingerprint density at radius 1 is 1.12 bits per heavy atom. The van der Waals surface area contributed by atoms with Gasteiger partial charge in [0.05, 0.1) is 13.7 Å². The van der Waals surface area contributed by atoms with Gasteiger partial charge in [0.15, 0.2) is 0 Å². The fraction of sp³-hybridized carbons (Fsp3) is 0.368. The summed E-state index contributed by atoms with van der Waals surface area (Å²) < 4.78 is 10.00. The summed E-state index contributed by atoms with van der Waals surface area (Å²) in [5, 5.41) is 6.27. The summed E-state index contributed by atoms with van der Waals surface area (Å²) in [4.78, 5) is 23.5. The van der Waals surface area contributed by atoms with Crippen molar-refractivity contribution in [2.45, 2.75) is 38.3 Å². The van der Waals surface area contributed by atoms with Gasteiger partial charge in [0.1, 0.15) is 5.76 Å². The van der Waals surface area contributed by atoms with Crippen molar-refractivity contribution < 1.29 is 18.7 Å². The molecule has 1 heterocycles. The van der Waals surface area contributed by atoms with Crippen molar-refractivity contribution in [1.29, 1.82) is 0 Å². The zero-order valence-corrected chi connectivity index (χ0v) is 14.2. The largest absolute Gasteiger partial charge is 0.463 e. The van der Waals surface area contributed by atoms with Gasteiger partial charge in [0.25, 0.3) is 5.91 Å². The first kappa shape index (κ1) is 17.1. The molecule has 132 valence electrons. The minimum atomic E-state index is -0.496. The van der Waals surface area contributed by atoms with Gasteiger partial charge in [-0.1, -0.05) is 12.8 Å². The molecule has 1 amide bonds. The summed E-state index contributed by atoms with van der Waals surface area (Å²) in [5.74, 6) is 0.290. The maximum absolute atomic E-state index is 12.2. The van der Waals surface area contributed by atoms with Crippen LogP contribution in [0.5, 0.6) is 0 Å². The maximum Gasteiger partial charge on any atom is 0.373 e. The second-order valence-electron chi connectivity index (χ2n) is 6.14. The number of ether oxygens (including phenoxy) is 1. The third-order valence-electron chi connectivity index (χ3n) is 4.35. The molecule has 0 atom stereocenters. The van der Waals surface area contributed by atoms with E-state index in [9.17, 15) is 9.59 Å². The molecule has 0 unspecified atom stereocenters. The van der Waals surface area contributed by atoms with Crippen LogP contribution in [0, 0.1) is 0 Å². The van der Waals surface area contributed by atoms with Crippen LogP contribution in [0.25, 0.3) is 0 Å². The number of carbonyl (C=O) groups is 2. The number of hydrogen-bond donors (Lipinski definition) is 2. The SMILES string of the molecule is COC(=O)c1ccc(CNc2ccc(C(=O)NC3CCCC3)cc2)o1. The van der Waals surface area contributed by atoms with Crippen molar-refractivity contribution in [2.75, 3.05) is 12.4 Å². The molecule has 1 aromatic carbocycles. The summed E-state index contributed by atoms with van der Waals surface area (Å²) in [7, 11) is 1.31. The van der Waals surface area contributed by atoms with Crippen LogP contribution in [0.2, 0.25) is 0 Å². The van der Waals surface area contributed by atoms with E-state index in [1.165, 1.54) is 20.0 Å². The van der Waals surface area contributed by atoms with E-state index in [0.29, 0.717) is 23.9 Å². The van der Waals surface area contributed by atoms with Crippen molar-refractivity contribution in [3.8, 4) is 0 Å². The van der Waals surface area contributed by atoms with E-state index in [1.807, 2.05) is 12.1 Å². The molecule has 3 rings (SSSR count). The molecule has 0 bridgehead atoms. The number of hydrogen-bond acceptors (Lipinski definition) is 5. The Morgan fingerprint density at radius 2 is 1.84 bits per heavy atom. The van der Waals surface area contributed by atoms with Crippen LogP contribution in [0.15, 0.2) is 40.8 Å². The van der Waals surface area contributed by atoms with Crippen LogP contribution in [0.1, 0.15) is 52.4 Å². The highest BCUT2D eigenvalue weighted by Gasteiger charge is 2.17. The van der Waals surface area contributed by atoms with Crippen molar-refractivity contribution in [1.82, 2.24) is 5.32 Å². The number of rotatable bonds is 6. The molecule has 1 fully saturated rings. The van der Waals surface area contributed by atoms with Crippen LogP contribution in [-0.4, -0.2) is 25.0 Å². The number of furan rings is 1. The first-order chi connectivity index (χ1) is 12.2. The molecule has 1 aliphatic rings. The van der Waals surface area contributed by atoms with E-state index in [0.717, 1.165) is 18.5 Å². The molecule has 2 N–H and O–H groups in total. The zero-order chi connectivity index (χ0) is 17.6. The Labute approximate surface area is 146 Å². The number of benzene rings is 1. The lowest BCUT2D eigenvalue weighted by Gasteiger charge is -2.12. The van der Waals surface area contributed by atoms with Gasteiger partial charge in [-0.05, 0) is 49.2 Å². The zero-order valence-electron chi connectivity index (χ0n) is 14.2. The fourth-order valence-electron chi connectivity index (χ4n) is 2.95. The Hall–Kier alpha value is -2.76. The molecule has 2 aromatic rings. The Bertz CT molecular complexity index is 730. The number of nitrogens with one attached hydrogen (secondary N) is 2. The smallest absolute Gasteiger partial charge is 0.373 e. The first-order valence-electron chi connectivity index (χ1n) is 8.47. The minimum absolute atomic E-state index is 0.0211. The van der Waals surface area contributed by atoms with Crippen molar-refractivity contribution >= 4 is 17.6 Å². The third-order valence-corrected chi connectivity index (χ3v) is 4.35. The van der Waals surface area contributed by atoms with Gasteiger partial charge in [-0.2, -0.15) is 0 Å². The number of esters is 1. The lowest BCUT2D eigenvalue weighted by Crippen LogP contribution is -2.32. The van der Waals surface area contributed by atoms with Crippen LogP contribution < -0.4 is 10.6 Å². The summed E-state index contributed by atoms with van der Waals surface area (Å²) in [5.41, 5.74) is 1.52. The molecule has 0 aliphatic heterocycles. The highest BCUT2D eigenvalue weighted by atomic mass is 16.5. The summed E-state index contributed by atoms with van der Waals surface area (Å²) in [6, 6.07) is 10.9. The molecule has 25 heavy (non-hydrogen) atoms. The lowest BCUT2D eigenvalue weighted by atomic mass is 10.1. The van der Waals surface area contributed by atoms with Gasteiger partial charge in [-0.15, -0.1) is 0 Å². The molecule has 6 heteroatoms. The van der Waals surface area contributed by atoms with E-state index >= 15 is 0 Å². The second-order valence-corrected chi connectivity index (χ2v) is 6.14. The number of amides is 1. The van der Waals surface area contributed by atoms with E-state index in [4.69, 9.17) is 4.42 Å². The quantitative estimate of drug-likeness (QED) is 0.787. The van der Waals surface area contributed by atoms with Crippen molar-refractivity contribution in [2.24, 2.45) is 0 Å². The van der Waals surface area contributed by atoms with Gasteiger partial charge < -0.3 is 19.8 Å². The van der Waals surface area contributed by atoms with E-state index in [2.05, 4.69) is 15.4 Å². The average Bonchev–Trinajstić information content (AvgIpc) is 3.31. The first-order valence-corrected chi connectivity index (χ1v) is 8.47. The van der Waals surface area contributed by atoms with Gasteiger partial charge >= 0.3 is 5.97 Å². The van der Waals surface area contributed by atoms with Gasteiger partial charge in [-0.25, -0.2) is 4.79 Å². The second kappa shape index (κ2) is 7.88. The Balaban J connectivity index is 1.52. The molecule has 0 saturated heterocycles. The highest BCUT2D eigenvalue weighted by Crippen LogP contribution is 2.19. The summed E-state index contributed by atoms with van der Waals surface area (Å²) >= 11 is 0. The molecular formula is C19H22N2O4. The summed E-state index contributed by atoms with van der Waals surface area (Å²) in [6.07, 6.45) is 4.53. The molecule has 1 aliphatic carbocycles. The minimum Gasteiger partial charge on any atom is -0.463 e. The van der Waals surface area contributed by atoms with E-state index in [-0.39, 0.29) is 11.7 Å². The summed E-state index contributed by atoms with van der Waals surface area (Å²) in [6.45, 7) is 0.435. The average molecular weight is 342 g/mol. The third kappa shape index (κ3) is 4.41. The molecule has 0 radical (unpaired) electrons. The molecule has 1 saturated carbocycles. The number of anilines is 1. The predicted octanol–water partition coefficient (Wildman–Crippen LogP) is 3.35. The van der Waals surface area contributed by atoms with Crippen LogP contribution >= 0.6 is 0 Å². The fourth-order valence-corrected chi connectivity index (χ4v) is 2.95. The van der Waals surface area contributed by atoms with Crippen molar-refractivity contribution in [3.05, 3.63) is 53.5 Å². The van der Waals surface area contributed by atoms with Gasteiger partial charge in [0, 0.05) is 17.3 Å². The molecule has 0 spiro atoms. The Kier molecular flexibility index (Phi) is 5.38. The van der Waals surface area contributed by atoms with Crippen LogP contribution in [0.3, 0.4) is 0 Å². The lowest BCUT2D eigenvalue weighted by molar-refractivity contribution is 0.0563. The highest BCUT2D eigenvalue weighted by molar-refractivity contribution is 5.94. The van der Waals surface area contributed by atoms with Crippen molar-refractivity contribution in [3.63, 3.8) is 0 Å². The van der Waals surface area contributed by atoms with Gasteiger partial charge in [-0.3, -0.25) is 4.79 Å². The van der Waals surface area contributed by atoms with Gasteiger partial charge in [0.2, 0.25) is 5.76 Å². The van der Waals surface area contributed by atoms with Crippen LogP contribution in [-0.2, 0) is 11.3 Å². The standard InChI is InChI=1S/C19H22N2O4/c1-24-19(23)17-11-10-16(25-17)12-20-14-8-6-13(7-9-14)18(22)21-15-4-2-3-5-15/h6-11,15,20H,2-5,12H2,1H3,(H,21,22). The normalized spacial score (nSPS) is 14.3. The van der Waals surface area contributed by atoms with Crippen LogP contribution in [0.4, 0.5) is 5.69 Å². The predicted molar refractivity (Wildman–Crippen MR) is 93.5 cm³/mol. The topological polar surface area (TPSA) is 80.6 Å². The molecule has 1 aromatic heterocycles. The maximum atomic E-state index is 12.2. The monoisotopic (exact) mass is 342 g/mol. The van der Waals surface area contributed by atoms with E-state index < -0.39 is 5.97 Å². The molecule has 6 nitrogen and oxygen atoms in total. The number of carbonyl (C=O) groups excluding carboxylic acids is 2.